The molecule has 0 atom stereocenters. The summed E-state index contributed by atoms with van der Waals surface area (Å²) in [6.45, 7) is 9.88. The highest BCUT2D eigenvalue weighted by molar-refractivity contribution is 6.62. The third kappa shape index (κ3) is 2.25. The number of hydrogen-bond donors (Lipinski definition) is 0. The molecule has 1 aromatic carbocycles. The smallest absolute Gasteiger partial charge is 0.399 e. The summed E-state index contributed by atoms with van der Waals surface area (Å²) >= 11 is 0. The molecule has 1 aromatic heterocycles. The molecule has 0 aliphatic carbocycles. The molecule has 1 fully saturated rings. The fraction of sp³-hybridized carbons (Fsp3) is 0.438. The Labute approximate surface area is 124 Å². The van der Waals surface area contributed by atoms with Gasteiger partial charge in [-0.05, 0) is 57.8 Å². The van der Waals surface area contributed by atoms with Crippen molar-refractivity contribution in [2.75, 3.05) is 0 Å². The van der Waals surface area contributed by atoms with Gasteiger partial charge in [0.05, 0.1) is 11.2 Å². The SMILES string of the molecule is Cc1ccnc2c(F)cc(B3OC(C)(C)C(C)(C)O3)cc12. The van der Waals surface area contributed by atoms with Crippen LogP contribution in [0.4, 0.5) is 4.39 Å². The fourth-order valence-electron chi connectivity index (χ4n) is 2.48. The van der Waals surface area contributed by atoms with Gasteiger partial charge in [-0.25, -0.2) is 4.39 Å². The molecule has 0 saturated carbocycles. The predicted octanol–water partition coefficient (Wildman–Crippen LogP) is 2.98. The van der Waals surface area contributed by atoms with Crippen LogP contribution >= 0.6 is 0 Å². The molecule has 21 heavy (non-hydrogen) atoms. The minimum atomic E-state index is -0.562. The summed E-state index contributed by atoms with van der Waals surface area (Å²) in [5.41, 5.74) is 1.18. The average molecular weight is 287 g/mol. The van der Waals surface area contributed by atoms with E-state index in [4.69, 9.17) is 9.31 Å². The van der Waals surface area contributed by atoms with Crippen molar-refractivity contribution in [3.05, 3.63) is 35.8 Å². The molecule has 0 radical (unpaired) electrons. The molecule has 3 nitrogen and oxygen atoms in total. The largest absolute Gasteiger partial charge is 0.494 e. The average Bonchev–Trinajstić information content (AvgIpc) is 2.60. The lowest BCUT2D eigenvalue weighted by Crippen LogP contribution is -2.41. The Morgan fingerprint density at radius 3 is 2.33 bits per heavy atom. The molecule has 2 heterocycles. The zero-order valence-corrected chi connectivity index (χ0v) is 13.0. The van der Waals surface area contributed by atoms with Gasteiger partial charge in [-0.1, -0.05) is 6.07 Å². The van der Waals surface area contributed by atoms with Crippen LogP contribution in [0.5, 0.6) is 0 Å². The fourth-order valence-corrected chi connectivity index (χ4v) is 2.48. The van der Waals surface area contributed by atoms with Crippen molar-refractivity contribution in [2.45, 2.75) is 45.8 Å². The minimum absolute atomic E-state index is 0.346. The predicted molar refractivity (Wildman–Crippen MR) is 82.2 cm³/mol. The Morgan fingerprint density at radius 1 is 1.10 bits per heavy atom. The van der Waals surface area contributed by atoms with E-state index in [0.29, 0.717) is 11.0 Å². The van der Waals surface area contributed by atoms with Gasteiger partial charge in [0.2, 0.25) is 0 Å². The second-order valence-electron chi connectivity index (χ2n) is 6.61. The Balaban J connectivity index is 2.09. The first kappa shape index (κ1) is 14.5. The number of fused-ring (bicyclic) bond motifs is 1. The van der Waals surface area contributed by atoms with E-state index in [9.17, 15) is 4.39 Å². The number of aryl methyl sites for hydroxylation is 1. The molecule has 0 N–H and O–H groups in total. The summed E-state index contributed by atoms with van der Waals surface area (Å²) < 4.78 is 26.3. The van der Waals surface area contributed by atoms with Crippen molar-refractivity contribution in [3.63, 3.8) is 0 Å². The second-order valence-corrected chi connectivity index (χ2v) is 6.61. The molecule has 3 rings (SSSR count). The zero-order chi connectivity index (χ0) is 15.4. The Morgan fingerprint density at radius 2 is 1.71 bits per heavy atom. The van der Waals surface area contributed by atoms with Gasteiger partial charge in [-0.2, -0.15) is 0 Å². The number of benzene rings is 1. The quantitative estimate of drug-likeness (QED) is 0.756. The summed E-state index contributed by atoms with van der Waals surface area (Å²) in [7, 11) is -0.562. The lowest BCUT2D eigenvalue weighted by Gasteiger charge is -2.32. The normalized spacial score (nSPS) is 20.2. The molecule has 1 aliphatic heterocycles. The van der Waals surface area contributed by atoms with Gasteiger partial charge in [-0.15, -0.1) is 0 Å². The van der Waals surface area contributed by atoms with E-state index < -0.39 is 18.3 Å². The van der Waals surface area contributed by atoms with Crippen LogP contribution < -0.4 is 5.46 Å². The lowest BCUT2D eigenvalue weighted by atomic mass is 9.78. The molecular formula is C16H19BFNO2. The topological polar surface area (TPSA) is 31.4 Å². The lowest BCUT2D eigenvalue weighted by molar-refractivity contribution is 0.00578. The summed E-state index contributed by atoms with van der Waals surface area (Å²) in [5.74, 6) is -0.346. The molecule has 2 aromatic rings. The van der Waals surface area contributed by atoms with Gasteiger partial charge in [-0.3, -0.25) is 4.98 Å². The Kier molecular flexibility index (Phi) is 3.12. The van der Waals surface area contributed by atoms with Crippen molar-refractivity contribution in [2.24, 2.45) is 0 Å². The van der Waals surface area contributed by atoms with Gasteiger partial charge < -0.3 is 9.31 Å². The molecule has 1 saturated heterocycles. The maximum atomic E-state index is 14.3. The highest BCUT2D eigenvalue weighted by atomic mass is 19.1. The maximum Gasteiger partial charge on any atom is 0.494 e. The van der Waals surface area contributed by atoms with Crippen LogP contribution in [0.1, 0.15) is 33.3 Å². The number of rotatable bonds is 1. The highest BCUT2D eigenvalue weighted by Gasteiger charge is 2.51. The maximum absolute atomic E-state index is 14.3. The van der Waals surface area contributed by atoms with Crippen LogP contribution in [0, 0.1) is 12.7 Å². The van der Waals surface area contributed by atoms with Crippen molar-refractivity contribution in [1.82, 2.24) is 4.98 Å². The van der Waals surface area contributed by atoms with E-state index in [1.165, 1.54) is 6.07 Å². The molecule has 1 aliphatic rings. The number of pyridine rings is 1. The number of aromatic nitrogens is 1. The van der Waals surface area contributed by atoms with Gasteiger partial charge in [0, 0.05) is 11.6 Å². The number of nitrogens with zero attached hydrogens (tertiary/aromatic N) is 1. The molecular weight excluding hydrogens is 268 g/mol. The van der Waals surface area contributed by atoms with Gasteiger partial charge in [0.25, 0.3) is 0 Å². The van der Waals surface area contributed by atoms with E-state index >= 15 is 0 Å². The van der Waals surface area contributed by atoms with E-state index in [-0.39, 0.29) is 5.82 Å². The molecule has 110 valence electrons. The third-order valence-corrected chi connectivity index (χ3v) is 4.56. The van der Waals surface area contributed by atoms with Crippen LogP contribution in [0.3, 0.4) is 0 Å². The first-order valence-electron chi connectivity index (χ1n) is 7.12. The molecule has 0 spiro atoms. The van der Waals surface area contributed by atoms with Crippen LogP contribution in [0.15, 0.2) is 24.4 Å². The minimum Gasteiger partial charge on any atom is -0.399 e. The van der Waals surface area contributed by atoms with Gasteiger partial charge >= 0.3 is 7.12 Å². The molecule has 0 bridgehead atoms. The molecule has 0 amide bonds. The molecule has 5 heteroatoms. The molecule has 0 unspecified atom stereocenters. The van der Waals surface area contributed by atoms with Crippen molar-refractivity contribution in [3.8, 4) is 0 Å². The summed E-state index contributed by atoms with van der Waals surface area (Å²) in [5, 5.41) is 0.794. The van der Waals surface area contributed by atoms with Crippen LogP contribution in [0.25, 0.3) is 10.9 Å². The monoisotopic (exact) mass is 287 g/mol. The van der Waals surface area contributed by atoms with Crippen LogP contribution in [0.2, 0.25) is 0 Å². The first-order chi connectivity index (χ1) is 9.71. The van der Waals surface area contributed by atoms with Crippen LogP contribution in [-0.2, 0) is 9.31 Å². The highest BCUT2D eigenvalue weighted by Crippen LogP contribution is 2.36. The number of hydrogen-bond acceptors (Lipinski definition) is 3. The van der Waals surface area contributed by atoms with Gasteiger partial charge in [0.15, 0.2) is 0 Å². The third-order valence-electron chi connectivity index (χ3n) is 4.56. The van der Waals surface area contributed by atoms with Crippen molar-refractivity contribution < 1.29 is 13.7 Å². The summed E-state index contributed by atoms with van der Waals surface area (Å²) in [4.78, 5) is 4.11. The summed E-state index contributed by atoms with van der Waals surface area (Å²) in [6, 6.07) is 5.23. The van der Waals surface area contributed by atoms with Crippen LogP contribution in [-0.4, -0.2) is 23.3 Å². The standard InChI is InChI=1S/C16H19BFNO2/c1-10-6-7-19-14-12(10)8-11(9-13(14)18)17-20-15(2,3)16(4,5)21-17/h6-9H,1-5H3. The van der Waals surface area contributed by atoms with Gasteiger partial charge in [0.1, 0.15) is 11.3 Å². The summed E-state index contributed by atoms with van der Waals surface area (Å²) in [6.07, 6.45) is 1.62. The zero-order valence-electron chi connectivity index (χ0n) is 13.0. The Hall–Kier alpha value is -1.46. The van der Waals surface area contributed by atoms with E-state index in [2.05, 4.69) is 4.98 Å². The first-order valence-corrected chi connectivity index (χ1v) is 7.12. The second kappa shape index (κ2) is 4.52. The van der Waals surface area contributed by atoms with E-state index in [1.807, 2.05) is 46.8 Å². The van der Waals surface area contributed by atoms with Crippen molar-refractivity contribution in [1.29, 1.82) is 0 Å². The Bertz CT molecular complexity index is 699. The van der Waals surface area contributed by atoms with E-state index in [0.717, 1.165) is 10.9 Å². The number of halogens is 1. The van der Waals surface area contributed by atoms with Crippen molar-refractivity contribution >= 4 is 23.5 Å². The van der Waals surface area contributed by atoms with E-state index in [1.54, 1.807) is 6.20 Å².